The van der Waals surface area contributed by atoms with Crippen LogP contribution in [0.3, 0.4) is 0 Å². The van der Waals surface area contributed by atoms with E-state index in [1.54, 1.807) is 0 Å². The zero-order valence-corrected chi connectivity index (χ0v) is 12.8. The second-order valence-electron chi connectivity index (χ2n) is 3.38. The Kier molecular flexibility index (Phi) is 1.71. The van der Waals surface area contributed by atoms with Gasteiger partial charge in [-0.25, -0.2) is 0 Å². The van der Waals surface area contributed by atoms with Crippen LogP contribution in [0.4, 0.5) is 0 Å². The van der Waals surface area contributed by atoms with E-state index in [0.29, 0.717) is 0 Å². The average Bonchev–Trinajstić information content (AvgIpc) is 2.81. The van der Waals surface area contributed by atoms with Gasteiger partial charge in [0.15, 0.2) is 0 Å². The molecule has 0 aliphatic carbocycles. The number of benzene rings is 3. The Hall–Kier alpha value is -1.58. The van der Waals surface area contributed by atoms with Gasteiger partial charge >= 0.3 is 142 Å². The molecule has 20 heavy (non-hydrogen) atoms. The Labute approximate surface area is 148 Å². The molecule has 0 fully saturated rings. The molecule has 0 saturated heterocycles. The van der Waals surface area contributed by atoms with E-state index in [4.69, 9.17) is 20.6 Å². The topological polar surface area (TPSA) is 30.0 Å². The molecular weight excluding hydrogens is 351 g/mol. The summed E-state index contributed by atoms with van der Waals surface area (Å²) < 4.78 is 121. The Morgan fingerprint density at radius 1 is 0.500 bits per heavy atom. The summed E-state index contributed by atoms with van der Waals surface area (Å²) in [6.45, 7) is 0. The summed E-state index contributed by atoms with van der Waals surface area (Å²) >= 11 is -4.70. The molecule has 0 spiro atoms. The van der Waals surface area contributed by atoms with Crippen molar-refractivity contribution >= 4 is 30.5 Å². The van der Waals surface area contributed by atoms with Crippen molar-refractivity contribution in [2.24, 2.45) is 0 Å². The fraction of sp³-hybridized carbons (Fsp3) is 0. The summed E-state index contributed by atoms with van der Waals surface area (Å²) in [5.74, 6) is 0. The molecule has 2 heteroatoms. The molecule has 0 atom stereocenters. The summed E-state index contributed by atoms with van der Waals surface area (Å²) in [5.41, 5.74) is 0. The summed E-state index contributed by atoms with van der Waals surface area (Å²) in [5, 5.41) is 0. The van der Waals surface area contributed by atoms with E-state index in [2.05, 4.69) is 0 Å². The van der Waals surface area contributed by atoms with Gasteiger partial charge in [-0.1, -0.05) is 0 Å². The van der Waals surface area contributed by atoms with E-state index in [0.717, 1.165) is 0 Å². The van der Waals surface area contributed by atoms with Crippen molar-refractivity contribution in [1.29, 1.82) is 0 Å². The maximum absolute atomic E-state index is 8.42. The van der Waals surface area contributed by atoms with E-state index in [-0.39, 0.29) is 16.2 Å². The molecule has 0 radical (unpaired) electrons. The van der Waals surface area contributed by atoms with Crippen LogP contribution in [0.2, 0.25) is 0 Å². The Morgan fingerprint density at radius 2 is 0.750 bits per heavy atom. The standard InChI is InChI=1S/3C6H5.H2O.Sn/c3*1-2-4-6-5-3-1;;/h3*1-5H;1H2;/q;;;;+1/p-1/i3*1D,2D,3D,4D,5D;;. The van der Waals surface area contributed by atoms with Crippen molar-refractivity contribution in [3.8, 4) is 0 Å². The largest absolute Gasteiger partial charge is 0.870 e. The van der Waals surface area contributed by atoms with Gasteiger partial charge in [0, 0.05) is 0 Å². The maximum Gasteiger partial charge on any atom is -0.870 e. The molecule has 3 aromatic carbocycles. The van der Waals surface area contributed by atoms with Crippen molar-refractivity contribution in [1.82, 2.24) is 0 Å². The first-order valence-corrected chi connectivity index (χ1v) is 9.53. The summed E-state index contributed by atoms with van der Waals surface area (Å²) in [4.78, 5) is 0. The second-order valence-corrected chi connectivity index (χ2v) is 9.80. The molecule has 98 valence electrons. The summed E-state index contributed by atoms with van der Waals surface area (Å²) in [6, 6.07) is -10.9. The van der Waals surface area contributed by atoms with Crippen molar-refractivity contribution in [3.05, 3.63) is 90.6 Å². The van der Waals surface area contributed by atoms with Gasteiger partial charge in [-0.15, -0.1) is 0 Å². The summed E-state index contributed by atoms with van der Waals surface area (Å²) in [6.07, 6.45) is 0. The van der Waals surface area contributed by atoms with Gasteiger partial charge in [-0.05, 0) is 0 Å². The molecule has 3 rings (SSSR count). The molecule has 0 unspecified atom stereocenters. The quantitative estimate of drug-likeness (QED) is 0.638. The molecule has 0 aromatic heterocycles. The van der Waals surface area contributed by atoms with E-state index in [1.807, 2.05) is 0 Å². The first kappa shape index (κ1) is 4.72. The van der Waals surface area contributed by atoms with Crippen LogP contribution < -0.4 is 10.7 Å². The van der Waals surface area contributed by atoms with Crippen LogP contribution in [0.5, 0.6) is 0 Å². The third kappa shape index (κ3) is 3.29. The van der Waals surface area contributed by atoms with Gasteiger partial charge in [0.25, 0.3) is 0 Å². The van der Waals surface area contributed by atoms with E-state index in [1.165, 1.54) is 0 Å². The van der Waals surface area contributed by atoms with Crippen molar-refractivity contribution in [3.63, 3.8) is 0 Å². The average molecular weight is 382 g/mol. The fourth-order valence-corrected chi connectivity index (χ4v) is 6.85. The van der Waals surface area contributed by atoms with Crippen molar-refractivity contribution in [2.75, 3.05) is 0 Å². The fourth-order valence-electron chi connectivity index (χ4n) is 1.50. The Balaban J connectivity index is 0.00000432. The predicted octanol–water partition coefficient (Wildman–Crippen LogP) is 2.03. The third-order valence-corrected chi connectivity index (χ3v) is 8.67. The molecule has 3 aromatic rings. The van der Waals surface area contributed by atoms with Gasteiger partial charge < -0.3 is 5.48 Å². The monoisotopic (exact) mass is 383 g/mol. The summed E-state index contributed by atoms with van der Waals surface area (Å²) in [7, 11) is 0. The Morgan fingerprint density at radius 3 is 1.00 bits per heavy atom. The zero-order chi connectivity index (χ0) is 26.0. The second kappa shape index (κ2) is 7.27. The smallest absolute Gasteiger partial charge is 0.870 e. The van der Waals surface area contributed by atoms with Crippen LogP contribution in [0.1, 0.15) is 20.6 Å². The van der Waals surface area contributed by atoms with Crippen LogP contribution in [0.25, 0.3) is 0 Å². The molecule has 0 amide bonds. The van der Waals surface area contributed by atoms with Crippen molar-refractivity contribution in [2.45, 2.75) is 0 Å². The van der Waals surface area contributed by atoms with Crippen LogP contribution in [0.15, 0.2) is 90.6 Å². The Bertz CT molecular complexity index is 1120. The van der Waals surface area contributed by atoms with Crippen LogP contribution in [-0.4, -0.2) is 25.2 Å². The minimum atomic E-state index is -4.70. The molecule has 0 saturated carbocycles. The van der Waals surface area contributed by atoms with Gasteiger partial charge in [-0.2, -0.15) is 0 Å². The molecule has 0 aliphatic heterocycles. The van der Waals surface area contributed by atoms with E-state index >= 15 is 0 Å². The predicted molar refractivity (Wildman–Crippen MR) is 85.9 cm³/mol. The van der Waals surface area contributed by atoms with E-state index in [9.17, 15) is 0 Å². The van der Waals surface area contributed by atoms with Crippen LogP contribution in [0, 0.1) is 0 Å². The molecular formula is C18H16OSn. The number of hydrogen-bond acceptors (Lipinski definition) is 1. The third-order valence-electron chi connectivity index (χ3n) is 2.25. The van der Waals surface area contributed by atoms with Crippen LogP contribution in [-0.2, 0) is 0 Å². The van der Waals surface area contributed by atoms with Crippen molar-refractivity contribution < 1.29 is 26.0 Å². The van der Waals surface area contributed by atoms with Gasteiger partial charge in [-0.3, -0.25) is 0 Å². The first-order valence-electron chi connectivity index (χ1n) is 12.8. The van der Waals surface area contributed by atoms with Crippen LogP contribution >= 0.6 is 0 Å². The molecule has 0 aliphatic rings. The van der Waals surface area contributed by atoms with Gasteiger partial charge in [0.1, 0.15) is 0 Å². The SMILES string of the molecule is [2H]c1c([2H])c([2H])[c]([Sn+]([c]2c([2H])c([2H])c([2H])c([2H])c2[2H])[c]2c([2H])c([2H])c([2H])c([2H])c2[2H])c([2H])c1[2H].[OH-]. The number of hydrogen-bond donors (Lipinski definition) is 0. The minimum absolute atomic E-state index is 0. The molecule has 1 N–H and O–H groups in total. The molecule has 0 heterocycles. The van der Waals surface area contributed by atoms with E-state index < -0.39 is 110 Å². The molecule has 1 nitrogen and oxygen atoms in total. The minimum Gasteiger partial charge on any atom is -0.870 e. The van der Waals surface area contributed by atoms with Gasteiger partial charge in [0.05, 0.1) is 0 Å². The first-order chi connectivity index (χ1) is 15.7. The number of rotatable bonds is 3. The normalized spacial score (nSPS) is 20.1. The maximum atomic E-state index is 8.42. The van der Waals surface area contributed by atoms with Gasteiger partial charge in [0.2, 0.25) is 0 Å². The molecule has 0 bridgehead atoms. The zero-order valence-electron chi connectivity index (χ0n) is 24.9.